The van der Waals surface area contributed by atoms with Crippen molar-refractivity contribution in [3.05, 3.63) is 121 Å². The normalized spacial score (nSPS) is 12.8. The molecule has 0 fully saturated rings. The van der Waals surface area contributed by atoms with Gasteiger partial charge in [-0.1, -0.05) is 0 Å². The molecular formula is C24H22BP. The van der Waals surface area contributed by atoms with Crippen LogP contribution < -0.4 is 21.2 Å². The predicted molar refractivity (Wildman–Crippen MR) is 120 cm³/mol. The van der Waals surface area contributed by atoms with Crippen LogP contribution in [0.3, 0.4) is 0 Å². The van der Waals surface area contributed by atoms with Crippen molar-refractivity contribution >= 4 is 35.3 Å². The van der Waals surface area contributed by atoms with E-state index in [4.69, 9.17) is 0 Å². The van der Waals surface area contributed by atoms with Gasteiger partial charge < -0.3 is 0 Å². The Morgan fingerprint density at radius 3 is 0.731 bits per heavy atom. The van der Waals surface area contributed by atoms with Crippen molar-refractivity contribution in [1.29, 1.82) is 0 Å². The van der Waals surface area contributed by atoms with Gasteiger partial charge >= 0.3 is 157 Å². The first-order chi connectivity index (χ1) is 12.7. The molecular weight excluding hydrogens is 330 g/mol. The van der Waals surface area contributed by atoms with E-state index in [0.29, 0.717) is 0 Å². The van der Waals surface area contributed by atoms with Crippen LogP contribution in [0.5, 0.6) is 0 Å². The number of hydrogen-bond acceptors (Lipinski definition) is 0. The first-order valence-corrected chi connectivity index (χ1v) is 11.7. The molecule has 4 aromatic carbocycles. The molecule has 0 amide bonds. The van der Waals surface area contributed by atoms with Crippen LogP contribution in [0.4, 0.5) is 0 Å². The van der Waals surface area contributed by atoms with E-state index in [1.807, 2.05) is 0 Å². The molecule has 126 valence electrons. The van der Waals surface area contributed by atoms with Gasteiger partial charge in [-0.25, -0.2) is 0 Å². The third-order valence-corrected chi connectivity index (χ3v) is 12.0. The van der Waals surface area contributed by atoms with Crippen molar-refractivity contribution < 1.29 is 0 Å². The van der Waals surface area contributed by atoms with Gasteiger partial charge in [0.15, 0.2) is 0 Å². The molecule has 0 atom stereocenters. The fraction of sp³-hybridized carbons (Fsp3) is 0. The van der Waals surface area contributed by atoms with Gasteiger partial charge in [0.05, 0.1) is 0 Å². The van der Waals surface area contributed by atoms with Gasteiger partial charge in [-0.2, -0.15) is 0 Å². The van der Waals surface area contributed by atoms with Crippen LogP contribution in [-0.4, -0.2) is 7.57 Å². The minimum atomic E-state index is -2.82. The third kappa shape index (κ3) is 2.36. The maximum atomic E-state index is 2.49. The Morgan fingerprint density at radius 2 is 0.538 bits per heavy atom. The van der Waals surface area contributed by atoms with Crippen LogP contribution >= 0.6 is 6.48 Å². The van der Waals surface area contributed by atoms with Crippen LogP contribution in [0.25, 0.3) is 0 Å². The van der Waals surface area contributed by atoms with E-state index in [0.717, 1.165) is 0 Å². The summed E-state index contributed by atoms with van der Waals surface area (Å²) in [5, 5.41) is 5.56. The Kier molecular flexibility index (Phi) is 4.27. The summed E-state index contributed by atoms with van der Waals surface area (Å²) in [6, 6.07) is 44.1. The van der Waals surface area contributed by atoms with Gasteiger partial charge in [0.1, 0.15) is 0 Å². The minimum absolute atomic E-state index is 1.39. The van der Waals surface area contributed by atoms with E-state index in [-0.39, 0.29) is 0 Å². The third-order valence-electron chi connectivity index (χ3n) is 5.61. The number of benzene rings is 4. The second kappa shape index (κ2) is 6.59. The zero-order valence-corrected chi connectivity index (χ0v) is 15.9. The summed E-state index contributed by atoms with van der Waals surface area (Å²) < 4.78 is 0. The van der Waals surface area contributed by atoms with E-state index in [1.165, 1.54) is 21.2 Å². The van der Waals surface area contributed by atoms with Crippen molar-refractivity contribution in [2.24, 2.45) is 0 Å². The Morgan fingerprint density at radius 1 is 0.346 bits per heavy atom. The van der Waals surface area contributed by atoms with E-state index >= 15 is 0 Å². The fourth-order valence-corrected chi connectivity index (χ4v) is 9.56. The quantitative estimate of drug-likeness (QED) is 0.390. The second-order valence-electron chi connectivity index (χ2n) is 6.91. The predicted octanol–water partition coefficient (Wildman–Crippen LogP) is 3.39. The molecule has 0 saturated carbocycles. The number of hydrogen-bond donors (Lipinski definition) is 0. The van der Waals surface area contributed by atoms with E-state index in [9.17, 15) is 0 Å². The van der Waals surface area contributed by atoms with Crippen molar-refractivity contribution in [2.45, 2.75) is 0 Å². The van der Waals surface area contributed by atoms with Crippen molar-refractivity contribution in [2.75, 3.05) is 0 Å². The van der Waals surface area contributed by atoms with Crippen LogP contribution in [0, 0.1) is 0 Å². The van der Waals surface area contributed by atoms with E-state index in [2.05, 4.69) is 129 Å². The second-order valence-corrected chi connectivity index (χ2v) is 12.1. The van der Waals surface area contributed by atoms with Crippen LogP contribution in [0.1, 0.15) is 0 Å². The molecule has 0 nitrogen and oxygen atoms in total. The monoisotopic (exact) mass is 352 g/mol. The summed E-state index contributed by atoms with van der Waals surface area (Å²) in [5.74, 6) is 0. The van der Waals surface area contributed by atoms with Gasteiger partial charge in [-0.3, -0.25) is 0 Å². The first-order valence-electron chi connectivity index (χ1n) is 8.98. The fourth-order valence-electron chi connectivity index (χ4n) is 4.10. The SMILES string of the molecule is BP(c1ccccc1)(c1ccccc1)(c1ccccc1)c1ccccc1. The Balaban J connectivity index is 2.23. The van der Waals surface area contributed by atoms with Gasteiger partial charge in [0.2, 0.25) is 0 Å². The molecule has 0 spiro atoms. The van der Waals surface area contributed by atoms with Crippen molar-refractivity contribution in [3.8, 4) is 0 Å². The molecule has 0 aliphatic rings. The van der Waals surface area contributed by atoms with Gasteiger partial charge in [-0.15, -0.1) is 0 Å². The molecule has 0 bridgehead atoms. The molecule has 2 heteroatoms. The van der Waals surface area contributed by atoms with Gasteiger partial charge in [-0.05, 0) is 0 Å². The molecule has 4 rings (SSSR count). The topological polar surface area (TPSA) is 0 Å². The zero-order valence-electron chi connectivity index (χ0n) is 15.0. The Labute approximate surface area is 156 Å². The summed E-state index contributed by atoms with van der Waals surface area (Å²) in [5.41, 5.74) is 0. The summed E-state index contributed by atoms with van der Waals surface area (Å²) in [6.45, 7) is -2.82. The summed E-state index contributed by atoms with van der Waals surface area (Å²) in [4.78, 5) is 0. The Bertz CT molecular complexity index is 814. The number of rotatable bonds is 4. The summed E-state index contributed by atoms with van der Waals surface area (Å²) in [7, 11) is 2.49. The van der Waals surface area contributed by atoms with Crippen LogP contribution in [-0.2, 0) is 0 Å². The Hall–Kier alpha value is -2.63. The van der Waals surface area contributed by atoms with Crippen molar-refractivity contribution in [1.82, 2.24) is 0 Å². The summed E-state index contributed by atoms with van der Waals surface area (Å²) in [6.07, 6.45) is 0. The van der Waals surface area contributed by atoms with E-state index in [1.54, 1.807) is 0 Å². The molecule has 0 aliphatic heterocycles. The zero-order chi connectivity index (χ0) is 17.9. The summed E-state index contributed by atoms with van der Waals surface area (Å²) >= 11 is 0. The molecule has 0 aliphatic carbocycles. The van der Waals surface area contributed by atoms with Gasteiger partial charge in [0, 0.05) is 0 Å². The van der Waals surface area contributed by atoms with Gasteiger partial charge in [0.25, 0.3) is 0 Å². The standard InChI is InChI=1S/C24H22BP/c25-26(21-13-5-1-6-14-21,22-15-7-2-8-16-22,23-17-9-3-10-18-23)24-19-11-4-12-20-24/h1-20H,25H2. The average molecular weight is 352 g/mol. The van der Waals surface area contributed by atoms with Crippen molar-refractivity contribution in [3.63, 3.8) is 0 Å². The molecule has 0 radical (unpaired) electrons. The van der Waals surface area contributed by atoms with Crippen LogP contribution in [0.15, 0.2) is 121 Å². The first kappa shape index (κ1) is 16.8. The van der Waals surface area contributed by atoms with E-state index < -0.39 is 6.48 Å². The molecule has 0 heterocycles. The average Bonchev–Trinajstić information content (AvgIpc) is 2.76. The molecule has 0 unspecified atom stereocenters. The van der Waals surface area contributed by atoms with Crippen LogP contribution in [0.2, 0.25) is 0 Å². The molecule has 0 saturated heterocycles. The maximum absolute atomic E-state index is 2.82. The molecule has 0 aromatic heterocycles. The molecule has 0 N–H and O–H groups in total. The molecule has 26 heavy (non-hydrogen) atoms. The molecule has 4 aromatic rings.